The largest absolute Gasteiger partial charge is 0.508 e. The Labute approximate surface area is 106 Å². The molecule has 1 amide bonds. The van der Waals surface area contributed by atoms with Gasteiger partial charge in [-0.1, -0.05) is 13.8 Å². The van der Waals surface area contributed by atoms with Gasteiger partial charge in [-0.25, -0.2) is 5.43 Å². The number of benzene rings is 1. The lowest BCUT2D eigenvalue weighted by molar-refractivity contribution is 0.0951. The summed E-state index contributed by atoms with van der Waals surface area (Å²) in [6.45, 7) is 5.94. The Kier molecular flexibility index (Phi) is 4.71. The predicted molar refractivity (Wildman–Crippen MR) is 69.8 cm³/mol. The molecule has 0 aliphatic rings. The Hall–Kier alpha value is -2.04. The maximum atomic E-state index is 11.7. The predicted octanol–water partition coefficient (Wildman–Crippen LogP) is 2.25. The van der Waals surface area contributed by atoms with Crippen molar-refractivity contribution in [3.8, 4) is 11.5 Å². The number of nitrogens with one attached hydrogen (secondary N) is 1. The number of amides is 1. The van der Waals surface area contributed by atoms with E-state index in [1.54, 1.807) is 0 Å². The van der Waals surface area contributed by atoms with Crippen molar-refractivity contribution in [1.29, 1.82) is 0 Å². The molecule has 0 radical (unpaired) electrons. The minimum atomic E-state index is -0.550. The number of hydrogen-bond acceptors (Lipinski definition) is 4. The molecule has 0 atom stereocenters. The van der Waals surface area contributed by atoms with Gasteiger partial charge in [0.15, 0.2) is 0 Å². The van der Waals surface area contributed by atoms with Gasteiger partial charge in [0.2, 0.25) is 0 Å². The van der Waals surface area contributed by atoms with Crippen LogP contribution in [-0.4, -0.2) is 21.8 Å². The number of phenolic OH excluding ortho intramolecular Hbond substituents is 2. The summed E-state index contributed by atoms with van der Waals surface area (Å²) in [6, 6.07) is 3.76. The van der Waals surface area contributed by atoms with Crippen molar-refractivity contribution in [2.75, 3.05) is 0 Å². The standard InChI is InChI=1S/C13H18N2O3/c1-8(2)6-9(3)14-15-13(18)11-7-10(16)4-5-12(11)17/h4-5,7-8,16-17H,6H2,1-3H3,(H,15,18)/b14-9+. The molecule has 5 nitrogen and oxygen atoms in total. The number of phenols is 2. The van der Waals surface area contributed by atoms with Crippen LogP contribution >= 0.6 is 0 Å². The van der Waals surface area contributed by atoms with E-state index in [2.05, 4.69) is 24.4 Å². The minimum Gasteiger partial charge on any atom is -0.508 e. The Morgan fingerprint density at radius 3 is 2.67 bits per heavy atom. The van der Waals surface area contributed by atoms with Crippen molar-refractivity contribution >= 4 is 11.6 Å². The van der Waals surface area contributed by atoms with Crippen LogP contribution in [0.5, 0.6) is 11.5 Å². The fraction of sp³-hybridized carbons (Fsp3) is 0.385. The van der Waals surface area contributed by atoms with Crippen LogP contribution < -0.4 is 5.43 Å². The molecular formula is C13H18N2O3. The first-order chi connectivity index (χ1) is 8.40. The molecule has 98 valence electrons. The second-order valence-corrected chi connectivity index (χ2v) is 4.59. The molecule has 0 heterocycles. The number of aromatic hydroxyl groups is 2. The molecule has 0 aliphatic heterocycles. The number of carbonyl (C=O) groups is 1. The summed E-state index contributed by atoms with van der Waals surface area (Å²) in [6.07, 6.45) is 0.784. The summed E-state index contributed by atoms with van der Waals surface area (Å²) in [5, 5.41) is 22.7. The Morgan fingerprint density at radius 1 is 1.39 bits per heavy atom. The van der Waals surface area contributed by atoms with Gasteiger partial charge in [0.25, 0.3) is 5.91 Å². The number of hydrogen-bond donors (Lipinski definition) is 3. The van der Waals surface area contributed by atoms with Gasteiger partial charge in [0.1, 0.15) is 11.5 Å². The molecule has 5 heteroatoms. The summed E-state index contributed by atoms with van der Waals surface area (Å²) >= 11 is 0. The minimum absolute atomic E-state index is 0.00361. The van der Waals surface area contributed by atoms with Crippen LogP contribution in [0.1, 0.15) is 37.6 Å². The van der Waals surface area contributed by atoms with Crippen molar-refractivity contribution < 1.29 is 15.0 Å². The number of nitrogens with zero attached hydrogens (tertiary/aromatic N) is 1. The first kappa shape index (κ1) is 14.0. The SMILES string of the molecule is C/C(CC(C)C)=N\NC(=O)c1cc(O)ccc1O. The molecule has 1 aromatic carbocycles. The van der Waals surface area contributed by atoms with Crippen LogP contribution in [0.25, 0.3) is 0 Å². The number of hydrazone groups is 1. The summed E-state index contributed by atoms with van der Waals surface area (Å²) in [5.74, 6) is -0.367. The van der Waals surface area contributed by atoms with Gasteiger partial charge < -0.3 is 10.2 Å². The summed E-state index contributed by atoms with van der Waals surface area (Å²) in [7, 11) is 0. The van der Waals surface area contributed by atoms with E-state index >= 15 is 0 Å². The normalized spacial score (nSPS) is 11.7. The molecular weight excluding hydrogens is 232 g/mol. The second kappa shape index (κ2) is 6.05. The highest BCUT2D eigenvalue weighted by atomic mass is 16.3. The third kappa shape index (κ3) is 4.08. The second-order valence-electron chi connectivity index (χ2n) is 4.59. The highest BCUT2D eigenvalue weighted by Gasteiger charge is 2.11. The maximum absolute atomic E-state index is 11.7. The lowest BCUT2D eigenvalue weighted by atomic mass is 10.1. The van der Waals surface area contributed by atoms with E-state index in [1.807, 2.05) is 6.92 Å². The zero-order valence-electron chi connectivity index (χ0n) is 10.8. The zero-order chi connectivity index (χ0) is 13.7. The topological polar surface area (TPSA) is 81.9 Å². The van der Waals surface area contributed by atoms with Crippen LogP contribution in [0, 0.1) is 5.92 Å². The summed E-state index contributed by atoms with van der Waals surface area (Å²) in [5.41, 5.74) is 3.15. The highest BCUT2D eigenvalue weighted by Crippen LogP contribution is 2.21. The van der Waals surface area contributed by atoms with E-state index in [1.165, 1.54) is 18.2 Å². The van der Waals surface area contributed by atoms with Crippen LogP contribution in [0.15, 0.2) is 23.3 Å². The first-order valence-electron chi connectivity index (χ1n) is 5.75. The third-order valence-corrected chi connectivity index (χ3v) is 2.28. The van der Waals surface area contributed by atoms with Crippen molar-refractivity contribution in [1.82, 2.24) is 5.43 Å². The van der Waals surface area contributed by atoms with Gasteiger partial charge in [0.05, 0.1) is 5.56 Å². The van der Waals surface area contributed by atoms with Crippen molar-refractivity contribution in [2.24, 2.45) is 11.0 Å². The van der Waals surface area contributed by atoms with Gasteiger partial charge in [-0.05, 0) is 37.5 Å². The van der Waals surface area contributed by atoms with Gasteiger partial charge >= 0.3 is 0 Å². The van der Waals surface area contributed by atoms with Crippen LogP contribution in [0.4, 0.5) is 0 Å². The Morgan fingerprint density at radius 2 is 2.06 bits per heavy atom. The highest BCUT2D eigenvalue weighted by molar-refractivity contribution is 5.97. The average molecular weight is 250 g/mol. The summed E-state index contributed by atoms with van der Waals surface area (Å²) in [4.78, 5) is 11.7. The van der Waals surface area contributed by atoms with E-state index in [0.29, 0.717) is 5.92 Å². The molecule has 0 fully saturated rings. The van der Waals surface area contributed by atoms with Crippen LogP contribution in [-0.2, 0) is 0 Å². The molecule has 0 aromatic heterocycles. The van der Waals surface area contributed by atoms with E-state index in [4.69, 9.17) is 0 Å². The van der Waals surface area contributed by atoms with Crippen molar-refractivity contribution in [2.45, 2.75) is 27.2 Å². The van der Waals surface area contributed by atoms with Gasteiger partial charge in [-0.2, -0.15) is 5.10 Å². The van der Waals surface area contributed by atoms with E-state index in [9.17, 15) is 15.0 Å². The fourth-order valence-corrected chi connectivity index (χ4v) is 1.55. The molecule has 1 aromatic rings. The van der Waals surface area contributed by atoms with E-state index in [0.717, 1.165) is 12.1 Å². The monoisotopic (exact) mass is 250 g/mol. The van der Waals surface area contributed by atoms with Gasteiger partial charge in [0, 0.05) is 5.71 Å². The lowest BCUT2D eigenvalue weighted by Crippen LogP contribution is -2.19. The molecule has 0 bridgehead atoms. The number of rotatable bonds is 4. The molecule has 3 N–H and O–H groups in total. The van der Waals surface area contributed by atoms with Gasteiger partial charge in [-0.15, -0.1) is 0 Å². The van der Waals surface area contributed by atoms with Crippen LogP contribution in [0.3, 0.4) is 0 Å². The van der Waals surface area contributed by atoms with Crippen LogP contribution in [0.2, 0.25) is 0 Å². The average Bonchev–Trinajstić information content (AvgIpc) is 2.28. The van der Waals surface area contributed by atoms with E-state index in [-0.39, 0.29) is 17.1 Å². The molecule has 0 aliphatic carbocycles. The molecule has 0 unspecified atom stereocenters. The Bertz CT molecular complexity index is 467. The van der Waals surface area contributed by atoms with Crippen molar-refractivity contribution in [3.63, 3.8) is 0 Å². The Balaban J connectivity index is 2.74. The van der Waals surface area contributed by atoms with Crippen molar-refractivity contribution in [3.05, 3.63) is 23.8 Å². The smallest absolute Gasteiger partial charge is 0.275 e. The molecule has 0 saturated carbocycles. The maximum Gasteiger partial charge on any atom is 0.275 e. The quantitative estimate of drug-likeness (QED) is 0.435. The molecule has 18 heavy (non-hydrogen) atoms. The molecule has 0 spiro atoms. The van der Waals surface area contributed by atoms with E-state index < -0.39 is 5.91 Å². The first-order valence-corrected chi connectivity index (χ1v) is 5.75. The number of carbonyl (C=O) groups excluding carboxylic acids is 1. The molecule has 1 rings (SSSR count). The lowest BCUT2D eigenvalue weighted by Gasteiger charge is -2.06. The zero-order valence-corrected chi connectivity index (χ0v) is 10.8. The fourth-order valence-electron chi connectivity index (χ4n) is 1.55. The molecule has 0 saturated heterocycles. The summed E-state index contributed by atoms with van der Waals surface area (Å²) < 4.78 is 0. The third-order valence-electron chi connectivity index (χ3n) is 2.28. The van der Waals surface area contributed by atoms with Gasteiger partial charge in [-0.3, -0.25) is 4.79 Å².